The Balaban J connectivity index is 1.63. The van der Waals surface area contributed by atoms with Crippen molar-refractivity contribution in [3.63, 3.8) is 0 Å². The van der Waals surface area contributed by atoms with Gasteiger partial charge in [0.05, 0.1) is 16.4 Å². The summed E-state index contributed by atoms with van der Waals surface area (Å²) in [5, 5.41) is 14.0. The molecule has 13 heteroatoms. The number of amides is 1. The van der Waals surface area contributed by atoms with Crippen molar-refractivity contribution in [1.82, 2.24) is 5.32 Å². The third-order valence-electron chi connectivity index (χ3n) is 6.48. The number of methoxy groups -OCH3 is 1. The molecule has 1 amide bonds. The van der Waals surface area contributed by atoms with Crippen LogP contribution in [0, 0.1) is 13.8 Å². The van der Waals surface area contributed by atoms with Crippen molar-refractivity contribution in [2.45, 2.75) is 54.3 Å². The van der Waals surface area contributed by atoms with Gasteiger partial charge in [-0.2, -0.15) is 16.8 Å². The molecule has 1 saturated heterocycles. The molecule has 5 atom stereocenters. The van der Waals surface area contributed by atoms with E-state index >= 15 is 0 Å². The minimum Gasteiger partial charge on any atom is -0.388 e. The van der Waals surface area contributed by atoms with Gasteiger partial charge in [0.2, 0.25) is 0 Å². The minimum absolute atomic E-state index is 0.125. The number of hydrogen-bond donors (Lipinski definition) is 2. The Hall–Kier alpha value is -3.17. The topological polar surface area (TPSA) is 155 Å². The van der Waals surface area contributed by atoms with E-state index in [1.54, 1.807) is 68.4 Å². The summed E-state index contributed by atoms with van der Waals surface area (Å²) in [6.45, 7) is 2.85. The Morgan fingerprint density at radius 1 is 0.854 bits per heavy atom. The average molecular weight is 606 g/mol. The maximum absolute atomic E-state index is 13.2. The van der Waals surface area contributed by atoms with Crippen molar-refractivity contribution < 1.29 is 44.6 Å². The van der Waals surface area contributed by atoms with Crippen LogP contribution in [0.1, 0.15) is 21.5 Å². The molecule has 0 saturated carbocycles. The summed E-state index contributed by atoms with van der Waals surface area (Å²) in [4.78, 5) is 12.6. The van der Waals surface area contributed by atoms with E-state index in [2.05, 4.69) is 5.32 Å². The van der Waals surface area contributed by atoms with E-state index in [0.29, 0.717) is 0 Å². The lowest BCUT2D eigenvalue weighted by Gasteiger charge is -2.43. The van der Waals surface area contributed by atoms with Gasteiger partial charge in [-0.3, -0.25) is 13.2 Å². The molecular formula is C28H31NO10S2. The van der Waals surface area contributed by atoms with Crippen molar-refractivity contribution in [3.05, 3.63) is 95.6 Å². The SMILES string of the molecule is CO[C@@H]1O[C@H](COS(=O)(=O)c2ccc(C)cc2)[C@@H](OS(=O)(=O)c2ccc(C)cc2)[C@H](O)[C@H]1NC(=O)c1ccccc1. The number of hydrogen-bond acceptors (Lipinski definition) is 10. The molecule has 0 bridgehead atoms. The quantitative estimate of drug-likeness (QED) is 0.329. The Labute approximate surface area is 239 Å². The molecule has 11 nitrogen and oxygen atoms in total. The molecule has 1 aliphatic heterocycles. The van der Waals surface area contributed by atoms with Crippen LogP contribution in [-0.2, 0) is 38.1 Å². The highest BCUT2D eigenvalue weighted by molar-refractivity contribution is 7.87. The number of ether oxygens (including phenoxy) is 2. The normalized spacial score (nSPS) is 23.2. The van der Waals surface area contributed by atoms with Gasteiger partial charge in [-0.05, 0) is 50.2 Å². The largest absolute Gasteiger partial charge is 0.388 e. The summed E-state index contributed by atoms with van der Waals surface area (Å²) in [5.74, 6) is -0.586. The monoisotopic (exact) mass is 605 g/mol. The van der Waals surface area contributed by atoms with Crippen LogP contribution < -0.4 is 5.32 Å². The predicted molar refractivity (Wildman–Crippen MR) is 147 cm³/mol. The molecule has 41 heavy (non-hydrogen) atoms. The fourth-order valence-corrected chi connectivity index (χ4v) is 6.22. The van der Waals surface area contributed by atoms with Gasteiger partial charge in [0.1, 0.15) is 24.4 Å². The van der Waals surface area contributed by atoms with Gasteiger partial charge >= 0.3 is 0 Å². The summed E-state index contributed by atoms with van der Waals surface area (Å²) in [6.07, 6.45) is -6.17. The van der Waals surface area contributed by atoms with Crippen molar-refractivity contribution in [2.24, 2.45) is 0 Å². The van der Waals surface area contributed by atoms with Crippen molar-refractivity contribution in [2.75, 3.05) is 13.7 Å². The molecule has 4 rings (SSSR count). The predicted octanol–water partition coefficient (Wildman–Crippen LogP) is 2.31. The number of aliphatic hydroxyl groups excluding tert-OH is 1. The van der Waals surface area contributed by atoms with Crippen molar-refractivity contribution in [1.29, 1.82) is 0 Å². The number of carbonyl (C=O) groups is 1. The van der Waals surface area contributed by atoms with Crippen LogP contribution in [-0.4, -0.2) is 72.2 Å². The maximum atomic E-state index is 13.2. The maximum Gasteiger partial charge on any atom is 0.297 e. The fraction of sp³-hybridized carbons (Fsp3) is 0.321. The number of aliphatic hydroxyl groups is 1. The Bertz CT molecular complexity index is 1540. The van der Waals surface area contributed by atoms with Gasteiger partial charge in [-0.25, -0.2) is 0 Å². The molecule has 0 aromatic heterocycles. The van der Waals surface area contributed by atoms with Gasteiger partial charge in [0.25, 0.3) is 26.1 Å². The first-order valence-corrected chi connectivity index (χ1v) is 15.4. The minimum atomic E-state index is -4.48. The Morgan fingerprint density at radius 3 is 1.93 bits per heavy atom. The van der Waals surface area contributed by atoms with Gasteiger partial charge in [-0.15, -0.1) is 0 Å². The Kier molecular flexibility index (Phi) is 9.59. The van der Waals surface area contributed by atoms with Gasteiger partial charge in [0, 0.05) is 12.7 Å². The molecule has 220 valence electrons. The highest BCUT2D eigenvalue weighted by atomic mass is 32.2. The summed E-state index contributed by atoms with van der Waals surface area (Å²) < 4.78 is 73.9. The lowest BCUT2D eigenvalue weighted by molar-refractivity contribution is -0.254. The molecule has 0 spiro atoms. The second-order valence-corrected chi connectivity index (χ2v) is 12.7. The first kappa shape index (κ1) is 30.8. The van der Waals surface area contributed by atoms with Crippen LogP contribution in [0.25, 0.3) is 0 Å². The zero-order valence-electron chi connectivity index (χ0n) is 22.5. The molecule has 3 aromatic rings. The first-order chi connectivity index (χ1) is 19.4. The van der Waals surface area contributed by atoms with Crippen LogP contribution in [0.5, 0.6) is 0 Å². The molecule has 0 aliphatic carbocycles. The van der Waals surface area contributed by atoms with E-state index in [4.69, 9.17) is 17.8 Å². The highest BCUT2D eigenvalue weighted by Gasteiger charge is 2.49. The van der Waals surface area contributed by atoms with Crippen LogP contribution in [0.3, 0.4) is 0 Å². The summed E-state index contributed by atoms with van der Waals surface area (Å²) >= 11 is 0. The van der Waals surface area contributed by atoms with Crippen molar-refractivity contribution >= 4 is 26.1 Å². The van der Waals surface area contributed by atoms with E-state index in [1.165, 1.54) is 31.4 Å². The van der Waals surface area contributed by atoms with E-state index in [1.807, 2.05) is 0 Å². The molecule has 0 unspecified atom stereocenters. The molecule has 0 radical (unpaired) electrons. The molecule has 1 fully saturated rings. The first-order valence-electron chi connectivity index (χ1n) is 12.6. The zero-order chi connectivity index (χ0) is 29.8. The molecule has 1 aliphatic rings. The average Bonchev–Trinajstić information content (AvgIpc) is 2.95. The summed E-state index contributed by atoms with van der Waals surface area (Å²) in [6, 6.07) is 18.6. The van der Waals surface area contributed by atoms with E-state index in [0.717, 1.165) is 11.1 Å². The number of benzene rings is 3. The van der Waals surface area contributed by atoms with E-state index in [9.17, 15) is 26.7 Å². The lowest BCUT2D eigenvalue weighted by atomic mass is 9.96. The van der Waals surface area contributed by atoms with Gasteiger partial charge in [0.15, 0.2) is 6.29 Å². The molecule has 2 N–H and O–H groups in total. The Morgan fingerprint density at radius 2 is 1.39 bits per heavy atom. The van der Waals surface area contributed by atoms with Gasteiger partial charge < -0.3 is 19.9 Å². The van der Waals surface area contributed by atoms with Crippen LogP contribution in [0.4, 0.5) is 0 Å². The fourth-order valence-electron chi connectivity index (χ4n) is 4.19. The molecular weight excluding hydrogens is 574 g/mol. The number of aryl methyl sites for hydroxylation is 2. The smallest absolute Gasteiger partial charge is 0.297 e. The standard InChI is InChI=1S/C28H31NO10S2/c1-18-9-13-21(14-10-18)40(32,33)37-17-23-26(39-41(34,35)22-15-11-19(2)12-16-22)25(30)24(28(36-3)38-23)29-27(31)20-7-5-4-6-8-20/h4-16,23-26,28,30H,17H2,1-3H3,(H,29,31)/t23-,24-,25-,26-,28-/m1/s1. The number of nitrogens with one attached hydrogen (secondary N) is 1. The summed E-state index contributed by atoms with van der Waals surface area (Å²) in [7, 11) is -7.51. The second-order valence-electron chi connectivity index (χ2n) is 9.51. The highest BCUT2D eigenvalue weighted by Crippen LogP contribution is 2.29. The van der Waals surface area contributed by atoms with Crippen LogP contribution in [0.15, 0.2) is 88.7 Å². The number of rotatable bonds is 10. The van der Waals surface area contributed by atoms with Gasteiger partial charge in [-0.1, -0.05) is 53.6 Å². The van der Waals surface area contributed by atoms with Crippen LogP contribution >= 0.6 is 0 Å². The zero-order valence-corrected chi connectivity index (χ0v) is 24.2. The third-order valence-corrected chi connectivity index (χ3v) is 9.10. The van der Waals surface area contributed by atoms with E-state index in [-0.39, 0.29) is 15.4 Å². The lowest BCUT2D eigenvalue weighted by Crippen LogP contribution is -2.65. The van der Waals surface area contributed by atoms with Crippen LogP contribution in [0.2, 0.25) is 0 Å². The molecule has 1 heterocycles. The van der Waals surface area contributed by atoms with E-state index < -0.39 is 63.4 Å². The molecule has 3 aromatic carbocycles. The summed E-state index contributed by atoms with van der Waals surface area (Å²) in [5.41, 5.74) is 1.92. The third kappa shape index (κ3) is 7.38. The second kappa shape index (κ2) is 12.8. The van der Waals surface area contributed by atoms with Crippen molar-refractivity contribution in [3.8, 4) is 0 Å². The number of carbonyl (C=O) groups excluding carboxylic acids is 1.